The standard InChI is InChI=1S/C29H36N2O4.C26H32O5/c1-19-7-9-21-23(15-19)29(17-27(21,2)3)18-28(4,5)22-10-8-20(16-24(22)29)35-26(33)31-13-11-30(12-14-31)25(32)34-6;1-15-9-22-18(11-20(15)28-8)24(4,5)13-26(30-22)14-25(6,7)19-12-21(29-17(3)27)16(2)10-23(19)31-26/h7-10,15-16H,11-14,17-18H2,1-6H3;9-12H,13-14H2,1-8H3. The lowest BCUT2D eigenvalue weighted by atomic mass is 9.69. The first kappa shape index (κ1) is 46.8. The first-order valence-corrected chi connectivity index (χ1v) is 23.3. The highest BCUT2D eigenvalue weighted by atomic mass is 16.7. The summed E-state index contributed by atoms with van der Waals surface area (Å²) >= 11 is 0. The second-order valence-corrected chi connectivity index (χ2v) is 22.0. The van der Waals surface area contributed by atoms with Gasteiger partial charge in [0, 0.05) is 73.3 Å². The Balaban J connectivity index is 0.000000181. The van der Waals surface area contributed by atoms with Gasteiger partial charge in [-0.1, -0.05) is 85.2 Å². The van der Waals surface area contributed by atoms with Gasteiger partial charge in [0.25, 0.3) is 5.79 Å². The van der Waals surface area contributed by atoms with E-state index in [2.05, 4.69) is 105 Å². The Kier molecular flexibility index (Phi) is 11.5. The van der Waals surface area contributed by atoms with E-state index in [0.717, 1.165) is 52.3 Å². The quantitative estimate of drug-likeness (QED) is 0.146. The fourth-order valence-corrected chi connectivity index (χ4v) is 12.1. The van der Waals surface area contributed by atoms with Crippen molar-refractivity contribution >= 4 is 18.2 Å². The molecule has 2 unspecified atom stereocenters. The molecule has 0 bridgehead atoms. The number of aryl methyl sites for hydroxylation is 3. The molecule has 66 heavy (non-hydrogen) atoms. The molecule has 0 saturated carbocycles. The number of nitrogens with zero attached hydrogens (tertiary/aromatic N) is 2. The summed E-state index contributed by atoms with van der Waals surface area (Å²) in [6.45, 7) is 27.4. The van der Waals surface area contributed by atoms with Crippen molar-refractivity contribution < 1.29 is 42.8 Å². The van der Waals surface area contributed by atoms with E-state index in [1.165, 1.54) is 41.9 Å². The summed E-state index contributed by atoms with van der Waals surface area (Å²) in [7, 11) is 3.07. The fraction of sp³-hybridized carbons (Fsp3) is 0.509. The zero-order chi connectivity index (χ0) is 47.9. The number of methoxy groups -OCH3 is 2. The van der Waals surface area contributed by atoms with Gasteiger partial charge in [0.05, 0.1) is 14.2 Å². The number of fused-ring (bicyclic) bond motifs is 6. The molecule has 4 aromatic carbocycles. The van der Waals surface area contributed by atoms with E-state index in [9.17, 15) is 14.4 Å². The van der Waals surface area contributed by atoms with Crippen molar-refractivity contribution in [1.29, 1.82) is 0 Å². The maximum absolute atomic E-state index is 13.0. The Morgan fingerprint density at radius 2 is 1.00 bits per heavy atom. The number of hydrogen-bond acceptors (Lipinski definition) is 9. The third-order valence-corrected chi connectivity index (χ3v) is 14.8. The summed E-state index contributed by atoms with van der Waals surface area (Å²) in [5.41, 5.74) is 10.5. The summed E-state index contributed by atoms with van der Waals surface area (Å²) in [5, 5.41) is 0. The molecule has 0 N–H and O–H groups in total. The van der Waals surface area contributed by atoms with Gasteiger partial charge in [0.15, 0.2) is 0 Å². The summed E-state index contributed by atoms with van der Waals surface area (Å²) < 4.78 is 34.9. The minimum absolute atomic E-state index is 0.0313. The van der Waals surface area contributed by atoms with Crippen molar-refractivity contribution in [2.75, 3.05) is 40.4 Å². The first-order valence-electron chi connectivity index (χ1n) is 23.3. The SMILES string of the molecule is COC(=O)N1CCN(C(=O)Oc2ccc3c(c2)C2(CC(C)(C)c4ccc(C)cc42)CC3(C)C)CC1.COc1cc2c(cc1C)OC1(CC2(C)C)CC(C)(C)c2cc(OC(C)=O)c(C)cc2O1. The van der Waals surface area contributed by atoms with E-state index in [1.54, 1.807) is 16.9 Å². The first-order chi connectivity index (χ1) is 30.8. The van der Waals surface area contributed by atoms with Crippen LogP contribution in [0.1, 0.15) is 138 Å². The Labute approximate surface area is 391 Å². The van der Waals surface area contributed by atoms with Gasteiger partial charge in [-0.3, -0.25) is 4.79 Å². The molecule has 2 atom stereocenters. The maximum atomic E-state index is 13.0. The number of ether oxygens (including phenoxy) is 6. The van der Waals surface area contributed by atoms with Crippen LogP contribution in [0.4, 0.5) is 9.59 Å². The molecule has 5 aliphatic rings. The van der Waals surface area contributed by atoms with Gasteiger partial charge in [-0.2, -0.15) is 0 Å². The van der Waals surface area contributed by atoms with Gasteiger partial charge in [0.1, 0.15) is 28.7 Å². The van der Waals surface area contributed by atoms with E-state index < -0.39 is 5.79 Å². The second kappa shape index (κ2) is 16.3. The summed E-state index contributed by atoms with van der Waals surface area (Å²) in [4.78, 5) is 39.5. The molecule has 11 heteroatoms. The lowest BCUT2D eigenvalue weighted by Gasteiger charge is -2.51. The Hall–Kier alpha value is -5.71. The third kappa shape index (κ3) is 8.25. The van der Waals surface area contributed by atoms with Crippen LogP contribution < -0.4 is 23.7 Å². The van der Waals surface area contributed by atoms with E-state index in [4.69, 9.17) is 28.4 Å². The number of esters is 1. The van der Waals surface area contributed by atoms with Gasteiger partial charge in [-0.05, 0) is 114 Å². The van der Waals surface area contributed by atoms with Crippen LogP contribution in [0.25, 0.3) is 0 Å². The normalized spacial score (nSPS) is 23.2. The zero-order valence-corrected chi connectivity index (χ0v) is 41.5. The largest absolute Gasteiger partial charge is 0.496 e. The number of piperazine rings is 1. The number of carbonyl (C=O) groups excluding carboxylic acids is 3. The lowest BCUT2D eigenvalue weighted by Crippen LogP contribution is -2.55. The molecule has 352 valence electrons. The molecule has 1 fully saturated rings. The summed E-state index contributed by atoms with van der Waals surface area (Å²) in [6, 6.07) is 21.1. The molecule has 2 spiro atoms. The topological polar surface area (TPSA) is 113 Å². The Morgan fingerprint density at radius 3 is 1.52 bits per heavy atom. The van der Waals surface area contributed by atoms with Gasteiger partial charge in [-0.15, -0.1) is 0 Å². The number of rotatable bonds is 3. The predicted octanol–water partition coefficient (Wildman–Crippen LogP) is 11.3. The highest BCUT2D eigenvalue weighted by molar-refractivity contribution is 5.73. The number of amides is 2. The van der Waals surface area contributed by atoms with Crippen molar-refractivity contribution in [2.24, 2.45) is 0 Å². The average Bonchev–Trinajstić information content (AvgIpc) is 3.58. The van der Waals surface area contributed by atoms with Crippen molar-refractivity contribution in [3.8, 4) is 28.7 Å². The smallest absolute Gasteiger partial charge is 0.415 e. The summed E-state index contributed by atoms with van der Waals surface area (Å²) in [6.07, 6.45) is 2.75. The van der Waals surface area contributed by atoms with Crippen LogP contribution >= 0.6 is 0 Å². The molecule has 2 amide bonds. The van der Waals surface area contributed by atoms with Crippen molar-refractivity contribution in [2.45, 2.75) is 142 Å². The number of benzene rings is 4. The zero-order valence-electron chi connectivity index (χ0n) is 41.5. The van der Waals surface area contributed by atoms with Crippen molar-refractivity contribution in [3.63, 3.8) is 0 Å². The summed E-state index contributed by atoms with van der Waals surface area (Å²) in [5.74, 6) is 2.57. The van der Waals surface area contributed by atoms with E-state index in [0.29, 0.717) is 50.5 Å². The van der Waals surface area contributed by atoms with Crippen LogP contribution in [0.5, 0.6) is 28.7 Å². The molecule has 2 aliphatic carbocycles. The molecule has 3 heterocycles. The molecule has 4 aromatic rings. The van der Waals surface area contributed by atoms with Crippen LogP contribution in [-0.4, -0.2) is 74.1 Å². The predicted molar refractivity (Wildman–Crippen MR) is 255 cm³/mol. The van der Waals surface area contributed by atoms with E-state index in [-0.39, 0.29) is 45.2 Å². The minimum atomic E-state index is -0.774. The van der Waals surface area contributed by atoms with E-state index in [1.807, 2.05) is 32.0 Å². The molecule has 3 aliphatic heterocycles. The highest BCUT2D eigenvalue weighted by Gasteiger charge is 2.57. The molecule has 0 radical (unpaired) electrons. The van der Waals surface area contributed by atoms with Gasteiger partial charge in [0.2, 0.25) is 0 Å². The molecule has 0 aromatic heterocycles. The fourth-order valence-electron chi connectivity index (χ4n) is 12.1. The van der Waals surface area contributed by atoms with E-state index >= 15 is 0 Å². The van der Waals surface area contributed by atoms with Crippen LogP contribution in [0.2, 0.25) is 0 Å². The molecule has 1 saturated heterocycles. The van der Waals surface area contributed by atoms with Crippen molar-refractivity contribution in [1.82, 2.24) is 9.80 Å². The van der Waals surface area contributed by atoms with Gasteiger partial charge in [-0.25, -0.2) is 9.59 Å². The Bertz CT molecular complexity index is 2610. The third-order valence-electron chi connectivity index (χ3n) is 14.8. The molecule has 9 rings (SSSR count). The lowest BCUT2D eigenvalue weighted by molar-refractivity contribution is -0.166. The van der Waals surface area contributed by atoms with Crippen LogP contribution in [0.15, 0.2) is 60.7 Å². The van der Waals surface area contributed by atoms with Crippen LogP contribution in [0, 0.1) is 20.8 Å². The van der Waals surface area contributed by atoms with Crippen LogP contribution in [0.3, 0.4) is 0 Å². The molecular weight excluding hydrogens is 833 g/mol. The van der Waals surface area contributed by atoms with Crippen LogP contribution in [-0.2, 0) is 36.6 Å². The number of carbonyl (C=O) groups is 3. The second-order valence-electron chi connectivity index (χ2n) is 22.0. The van der Waals surface area contributed by atoms with Gasteiger partial charge >= 0.3 is 18.2 Å². The monoisotopic (exact) mass is 900 g/mol. The minimum Gasteiger partial charge on any atom is -0.496 e. The average molecular weight is 901 g/mol. The number of hydrogen-bond donors (Lipinski definition) is 0. The maximum Gasteiger partial charge on any atom is 0.415 e. The molecule has 11 nitrogen and oxygen atoms in total. The Morgan fingerprint density at radius 1 is 0.530 bits per heavy atom. The highest BCUT2D eigenvalue weighted by Crippen LogP contribution is 2.63. The molecular formula is C55H68N2O9. The van der Waals surface area contributed by atoms with Gasteiger partial charge < -0.3 is 38.2 Å². The van der Waals surface area contributed by atoms with Crippen molar-refractivity contribution in [3.05, 3.63) is 111 Å².